The number of carboxylic acid groups (broad SMARTS) is 1. The molecule has 2 heterocycles. The van der Waals surface area contributed by atoms with E-state index in [0.29, 0.717) is 29.8 Å². The molecular formula is C102H159N27O21. The Balaban J connectivity index is 1.17. The minimum absolute atomic E-state index is 0.00731. The second-order valence-electron chi connectivity index (χ2n) is 38.5. The molecule has 0 radical (unpaired) electrons. The fraction of sp³-hybridized carbons (Fsp3) is 0.588. The Morgan fingerprint density at radius 2 is 0.800 bits per heavy atom. The molecular weight excluding hydrogens is 1940 g/mol. The van der Waals surface area contributed by atoms with Crippen molar-refractivity contribution in [2.75, 3.05) is 85.2 Å². The highest BCUT2D eigenvalue weighted by Crippen LogP contribution is 2.24. The van der Waals surface area contributed by atoms with Gasteiger partial charge in [-0.05, 0) is 130 Å². The van der Waals surface area contributed by atoms with Crippen LogP contribution in [0.15, 0.2) is 97.1 Å². The number of nitrogens with two attached hydrogens (primary N) is 5. The lowest BCUT2D eigenvalue weighted by Crippen LogP contribution is -2.61. The highest BCUT2D eigenvalue weighted by molar-refractivity contribution is 6.01. The van der Waals surface area contributed by atoms with Crippen molar-refractivity contribution in [3.63, 3.8) is 0 Å². The fourth-order valence-electron chi connectivity index (χ4n) is 17.4. The van der Waals surface area contributed by atoms with Gasteiger partial charge < -0.3 is 144 Å². The average Bonchev–Trinajstić information content (AvgIpc) is 0.942. The monoisotopic (exact) mass is 2100 g/mol. The molecule has 0 unspecified atom stereocenters. The Bertz CT molecular complexity index is 5090. The summed E-state index contributed by atoms with van der Waals surface area (Å²) in [6.07, 6.45) is 14.8. The third-order valence-electron chi connectivity index (χ3n) is 25.7. The van der Waals surface area contributed by atoms with Gasteiger partial charge in [0, 0.05) is 78.0 Å². The number of fused-ring (bicyclic) bond motifs is 1. The molecule has 828 valence electrons. The number of phenolic OH excluding ortho intramolecular Hbond substituents is 1. The lowest BCUT2D eigenvalue weighted by molar-refractivity contribution is -0.144. The molecule has 2 aliphatic rings. The first-order valence-corrected chi connectivity index (χ1v) is 51.8. The number of aliphatic hydroxyl groups is 2. The number of aromatic hydroxyl groups is 1. The van der Waals surface area contributed by atoms with E-state index in [9.17, 15) is 78.0 Å². The van der Waals surface area contributed by atoms with Crippen LogP contribution in [0.2, 0.25) is 0 Å². The number of nitrogens with zero attached hydrogens (tertiary/aromatic N) is 3. The topological polar surface area (TPSA) is 775 Å². The molecule has 48 heteroatoms. The number of phenols is 1. The zero-order valence-electron chi connectivity index (χ0n) is 86.5. The van der Waals surface area contributed by atoms with Gasteiger partial charge in [0.25, 0.3) is 0 Å². The molecule has 4 aromatic carbocycles. The Kier molecular flexibility index (Phi) is 55.9. The van der Waals surface area contributed by atoms with Crippen LogP contribution >= 0.6 is 0 Å². The number of aliphatic carboxylic acids is 1. The lowest BCUT2D eigenvalue weighted by atomic mass is 9.98. The van der Waals surface area contributed by atoms with Crippen LogP contribution < -0.4 is 114 Å². The van der Waals surface area contributed by atoms with Crippen molar-refractivity contribution in [2.24, 2.45) is 34.6 Å². The second-order valence-corrected chi connectivity index (χ2v) is 38.5. The average molecular weight is 2100 g/mol. The zero-order chi connectivity index (χ0) is 110. The van der Waals surface area contributed by atoms with E-state index in [1.807, 2.05) is 23.1 Å². The van der Waals surface area contributed by atoms with Crippen LogP contribution in [-0.4, -0.2) is 317 Å². The van der Waals surface area contributed by atoms with Gasteiger partial charge >= 0.3 is 5.97 Å². The molecule has 0 bridgehead atoms. The normalized spacial score (nSPS) is 15.4. The molecule has 48 nitrogen and oxygen atoms in total. The molecule has 6 rings (SSSR count). The summed E-state index contributed by atoms with van der Waals surface area (Å²) >= 11 is 0. The summed E-state index contributed by atoms with van der Waals surface area (Å²) in [5.74, 6) is -18.9. The van der Waals surface area contributed by atoms with Gasteiger partial charge in [0.2, 0.25) is 94.5 Å². The predicted octanol–water partition coefficient (Wildman–Crippen LogP) is -2.34. The van der Waals surface area contributed by atoms with Crippen LogP contribution in [0.3, 0.4) is 0 Å². The van der Waals surface area contributed by atoms with Gasteiger partial charge in [-0.2, -0.15) is 0 Å². The van der Waals surface area contributed by atoms with Crippen molar-refractivity contribution in [2.45, 2.75) is 292 Å². The number of carboxylic acids is 1. The van der Waals surface area contributed by atoms with Crippen molar-refractivity contribution in [1.29, 1.82) is 16.2 Å². The summed E-state index contributed by atoms with van der Waals surface area (Å²) in [4.78, 5) is 244. The summed E-state index contributed by atoms with van der Waals surface area (Å²) < 4.78 is 0. The number of hydrogen-bond donors (Lipinski definition) is 28. The third kappa shape index (κ3) is 47.4. The minimum atomic E-state index is -1.93. The van der Waals surface area contributed by atoms with E-state index < -0.39 is 236 Å². The molecule has 2 fully saturated rings. The van der Waals surface area contributed by atoms with E-state index in [4.69, 9.17) is 44.9 Å². The molecule has 0 saturated carbocycles. The highest BCUT2D eigenvalue weighted by Gasteiger charge is 2.42. The van der Waals surface area contributed by atoms with E-state index in [-0.39, 0.29) is 121 Å². The van der Waals surface area contributed by atoms with Crippen LogP contribution in [0.1, 0.15) is 211 Å². The quantitative estimate of drug-likeness (QED) is 0.0125. The van der Waals surface area contributed by atoms with Crippen molar-refractivity contribution in [3.05, 3.63) is 114 Å². The molecule has 0 aromatic heterocycles. The number of guanidine groups is 3. The maximum atomic E-state index is 15.5. The molecule has 2 saturated heterocycles. The first-order chi connectivity index (χ1) is 71.6. The number of nitrogens with one attached hydrogen (secondary N) is 19. The van der Waals surface area contributed by atoms with E-state index >= 15 is 24.0 Å². The number of benzene rings is 4. The van der Waals surface area contributed by atoms with Gasteiger partial charge in [0.1, 0.15) is 84.3 Å². The highest BCUT2D eigenvalue weighted by atomic mass is 16.4. The number of primary amides is 2. The van der Waals surface area contributed by atoms with Crippen LogP contribution in [-0.2, 0) is 101 Å². The number of aliphatic hydroxyl groups excluding tert-OH is 2. The van der Waals surface area contributed by atoms with Crippen LogP contribution in [0.5, 0.6) is 5.75 Å². The number of amides is 16. The standard InChI is InChI=1S/C102H159N27O21/c1-5-6-7-8-9-10-11-12-13-14-15-16-17-23-47-127-49-51-128(52-50-127)60-86(136)115-64(4)87(137)125-80(61-130)95(145)118-73(42-43-83(103)133)90(140)126-81(62-131)96(146)117-71(32-24-44-111-100(105)106)88(138)114-59-85(135)116-76(56-66-37-40-70(132)41-38-66)92(142)123-78(57-67-36-39-68-30-21-22-31-69(68)54-67)94(144)121-75(53-63(2)3)91(141)122-77(55-65-28-19-18-20-29-65)93(143)120-74(34-26-46-113-102(109)110)98(148)129-48-27-35-82(129)97(147)119-72(33-25-45-112-101(107)108)89(139)124-79(99(149)150)58-84(104)134/h18-22,28-31,36-41,54,63-64,71-82,130-132H,5-17,23-27,32-35,42-53,55-62H2,1-4H3,(H2,103,133)(H2,104,134)(H,114,138)(H,115,136)(H,116,135)(H,117,146)(H,118,145)(H,119,147)(H,120,143)(H,121,144)(H,122,141)(H,123,142)(H,124,139)(H,125,137)(H,126,140)(H,149,150)(H4,105,106,111)(H4,107,108,112)(H4,109,110,113)/t64-,71-,72-,73-,74-,75-,76-,77-,78-,79-,80-,81-,82-/m0/s1. The van der Waals surface area contributed by atoms with Gasteiger partial charge in [-0.25, -0.2) is 4.79 Å². The summed E-state index contributed by atoms with van der Waals surface area (Å²) in [6.45, 7) is 7.69. The van der Waals surface area contributed by atoms with Crippen molar-refractivity contribution < 1.29 is 102 Å². The molecule has 4 aromatic rings. The number of likely N-dealkylation sites (tertiary alicyclic amines) is 1. The van der Waals surface area contributed by atoms with Gasteiger partial charge in [-0.3, -0.25) is 97.8 Å². The Morgan fingerprint density at radius 3 is 1.31 bits per heavy atom. The van der Waals surface area contributed by atoms with Crippen LogP contribution in [0.25, 0.3) is 10.8 Å². The maximum Gasteiger partial charge on any atom is 0.326 e. The molecule has 0 aliphatic carbocycles. The van der Waals surface area contributed by atoms with Crippen molar-refractivity contribution in [3.8, 4) is 5.75 Å². The summed E-state index contributed by atoms with van der Waals surface area (Å²) in [7, 11) is 0. The zero-order valence-corrected chi connectivity index (χ0v) is 86.5. The minimum Gasteiger partial charge on any atom is -0.508 e. The molecule has 13 atom stereocenters. The Morgan fingerprint density at radius 1 is 0.387 bits per heavy atom. The fourth-order valence-corrected chi connectivity index (χ4v) is 17.4. The summed E-state index contributed by atoms with van der Waals surface area (Å²) in [6, 6.07) is 5.81. The van der Waals surface area contributed by atoms with Gasteiger partial charge in [0.05, 0.1) is 32.7 Å². The predicted molar refractivity (Wildman–Crippen MR) is 560 cm³/mol. The second kappa shape index (κ2) is 67.5. The van der Waals surface area contributed by atoms with Gasteiger partial charge in [-0.1, -0.05) is 189 Å². The SMILES string of the molecule is CCCCCCCCCCCCCCCCN1CCN(CC(=O)N[C@@H](C)C(=O)N[C@@H](CO)C(=O)N[C@@H](CCC(N)=O)C(=O)N[C@@H](CO)C(=O)N[C@@H](CCCNC(=N)N)C(=O)NCC(=O)N[C@@H](Cc2ccc(O)cc2)C(=O)N[C@@H](Cc2ccc3ccccc3c2)C(=O)N[C@@H](CC(C)C)C(=O)N[C@@H](Cc2ccccc2)C(=O)N[C@@H](CCCNC(=N)N)C(=O)N2CCC[C@H]2C(=O)N[C@@H](CCCNC(=N)N)C(=O)N[C@@H](CC(N)=O)C(=O)O)CC1. The van der Waals surface area contributed by atoms with E-state index in [1.165, 1.54) is 113 Å². The number of unbranched alkanes of at least 4 members (excludes halogenated alkanes) is 13. The molecule has 150 heavy (non-hydrogen) atoms. The number of hydrogen-bond acceptors (Lipinski definition) is 25. The molecule has 16 amide bonds. The lowest BCUT2D eigenvalue weighted by Gasteiger charge is -2.34. The Hall–Kier alpha value is -14.4. The number of carbonyl (C=O) groups excluding carboxylic acids is 16. The summed E-state index contributed by atoms with van der Waals surface area (Å²) in [5, 5.41) is 107. The largest absolute Gasteiger partial charge is 0.508 e. The molecule has 0 spiro atoms. The third-order valence-corrected chi connectivity index (χ3v) is 25.7. The molecule has 2 aliphatic heterocycles. The Labute approximate surface area is 874 Å². The van der Waals surface area contributed by atoms with E-state index in [1.54, 1.807) is 68.4 Å². The van der Waals surface area contributed by atoms with Crippen LogP contribution in [0, 0.1) is 22.1 Å². The first-order valence-electron chi connectivity index (χ1n) is 51.8. The van der Waals surface area contributed by atoms with E-state index in [2.05, 4.69) is 96.9 Å². The smallest absolute Gasteiger partial charge is 0.326 e. The van der Waals surface area contributed by atoms with Gasteiger partial charge in [-0.15, -0.1) is 0 Å². The van der Waals surface area contributed by atoms with Crippen molar-refractivity contribution in [1.82, 2.24) is 99.8 Å². The van der Waals surface area contributed by atoms with Crippen molar-refractivity contribution >= 4 is 129 Å². The van der Waals surface area contributed by atoms with Crippen LogP contribution in [0.4, 0.5) is 0 Å². The maximum absolute atomic E-state index is 15.5. The molecule has 33 N–H and O–H groups in total. The number of carbonyl (C=O) groups is 17. The number of rotatable bonds is 71. The van der Waals surface area contributed by atoms with Gasteiger partial charge in [0.15, 0.2) is 17.9 Å². The first kappa shape index (κ1) is 124. The van der Waals surface area contributed by atoms with E-state index in [0.717, 1.165) is 43.2 Å². The number of piperazine rings is 1. The summed E-state index contributed by atoms with van der Waals surface area (Å²) in [5.41, 5.74) is 28.7.